The third-order valence-electron chi connectivity index (χ3n) is 2.64. The number of anilines is 2. The molecule has 1 unspecified atom stereocenters. The number of esters is 1. The van der Waals surface area contributed by atoms with E-state index >= 15 is 0 Å². The summed E-state index contributed by atoms with van der Waals surface area (Å²) in [4.78, 5) is 34.3. The molecule has 0 aliphatic carbocycles. The van der Waals surface area contributed by atoms with Crippen molar-refractivity contribution in [3.05, 3.63) is 23.8 Å². The number of aryl methyl sites for hydroxylation is 1. The van der Waals surface area contributed by atoms with Gasteiger partial charge in [0.15, 0.2) is 6.04 Å². The van der Waals surface area contributed by atoms with E-state index in [1.165, 1.54) is 6.92 Å². The van der Waals surface area contributed by atoms with E-state index in [1.807, 2.05) is 6.92 Å². The van der Waals surface area contributed by atoms with Crippen LogP contribution in [0.2, 0.25) is 0 Å². The fourth-order valence-electron chi connectivity index (χ4n) is 1.58. The first kappa shape index (κ1) is 16.6. The highest BCUT2D eigenvalue weighted by atomic mass is 16.5. The van der Waals surface area contributed by atoms with Crippen LogP contribution in [-0.2, 0) is 19.1 Å². The molecule has 0 heterocycles. The molecule has 0 saturated heterocycles. The highest BCUT2D eigenvalue weighted by molar-refractivity contribution is 6.08. The fraction of sp³-hybridized carbons (Fsp3) is 0.357. The molecule has 4 N–H and O–H groups in total. The first-order chi connectivity index (χ1) is 9.85. The SMILES string of the molecule is CCOC(=O)C(N)C(=O)Nc1ccc(C)c(NC(C)=O)c1. The van der Waals surface area contributed by atoms with Gasteiger partial charge in [-0.2, -0.15) is 0 Å². The van der Waals surface area contributed by atoms with Crippen molar-refractivity contribution in [2.75, 3.05) is 17.2 Å². The van der Waals surface area contributed by atoms with E-state index in [0.29, 0.717) is 11.4 Å². The zero-order valence-electron chi connectivity index (χ0n) is 12.2. The Bertz CT molecular complexity index is 557. The Labute approximate surface area is 122 Å². The predicted molar refractivity (Wildman–Crippen MR) is 78.7 cm³/mol. The molecule has 1 aromatic rings. The van der Waals surface area contributed by atoms with Gasteiger partial charge in [-0.3, -0.25) is 9.59 Å². The van der Waals surface area contributed by atoms with Gasteiger partial charge in [0.2, 0.25) is 5.91 Å². The number of nitrogens with one attached hydrogen (secondary N) is 2. The second kappa shape index (κ2) is 7.39. The summed E-state index contributed by atoms with van der Waals surface area (Å²) in [5.74, 6) is -1.68. The lowest BCUT2D eigenvalue weighted by Gasteiger charge is -2.13. The topological polar surface area (TPSA) is 111 Å². The molecule has 21 heavy (non-hydrogen) atoms. The van der Waals surface area contributed by atoms with Gasteiger partial charge in [-0.05, 0) is 31.5 Å². The minimum absolute atomic E-state index is 0.150. The molecule has 0 radical (unpaired) electrons. The van der Waals surface area contributed by atoms with Gasteiger partial charge in [0, 0.05) is 18.3 Å². The second-order valence-corrected chi connectivity index (χ2v) is 4.43. The highest BCUT2D eigenvalue weighted by Gasteiger charge is 2.23. The maximum atomic E-state index is 11.8. The molecular formula is C14H19N3O4. The van der Waals surface area contributed by atoms with Gasteiger partial charge in [0.1, 0.15) is 0 Å². The number of carbonyl (C=O) groups is 3. The van der Waals surface area contributed by atoms with E-state index in [0.717, 1.165) is 5.56 Å². The zero-order valence-corrected chi connectivity index (χ0v) is 12.2. The van der Waals surface area contributed by atoms with E-state index in [2.05, 4.69) is 15.4 Å². The first-order valence-electron chi connectivity index (χ1n) is 6.46. The summed E-state index contributed by atoms with van der Waals surface area (Å²) in [5.41, 5.74) is 7.33. The van der Waals surface area contributed by atoms with Crippen LogP contribution in [0.5, 0.6) is 0 Å². The predicted octanol–water partition coefficient (Wildman–Crippen LogP) is 0.782. The smallest absolute Gasteiger partial charge is 0.332 e. The van der Waals surface area contributed by atoms with Crippen LogP contribution in [0.3, 0.4) is 0 Å². The van der Waals surface area contributed by atoms with Crippen LogP contribution in [0.4, 0.5) is 11.4 Å². The summed E-state index contributed by atoms with van der Waals surface area (Å²) in [6, 6.07) is 3.58. The molecule has 114 valence electrons. The summed E-state index contributed by atoms with van der Waals surface area (Å²) >= 11 is 0. The average molecular weight is 293 g/mol. The Hall–Kier alpha value is -2.41. The molecule has 7 heteroatoms. The number of carbonyl (C=O) groups excluding carboxylic acids is 3. The average Bonchev–Trinajstić information content (AvgIpc) is 2.41. The number of benzene rings is 1. The monoisotopic (exact) mass is 293 g/mol. The van der Waals surface area contributed by atoms with Gasteiger partial charge in [-0.1, -0.05) is 6.07 Å². The van der Waals surface area contributed by atoms with Gasteiger partial charge >= 0.3 is 5.97 Å². The van der Waals surface area contributed by atoms with Gasteiger partial charge in [-0.25, -0.2) is 4.79 Å². The van der Waals surface area contributed by atoms with E-state index in [4.69, 9.17) is 5.73 Å². The summed E-state index contributed by atoms with van der Waals surface area (Å²) in [6.07, 6.45) is 0. The number of rotatable bonds is 5. The number of ether oxygens (including phenoxy) is 1. The third-order valence-corrected chi connectivity index (χ3v) is 2.64. The van der Waals surface area contributed by atoms with Crippen molar-refractivity contribution in [3.8, 4) is 0 Å². The maximum Gasteiger partial charge on any atom is 0.332 e. The van der Waals surface area contributed by atoms with Crippen molar-refractivity contribution in [1.29, 1.82) is 0 Å². The van der Waals surface area contributed by atoms with Gasteiger partial charge < -0.3 is 21.1 Å². The van der Waals surface area contributed by atoms with E-state index in [-0.39, 0.29) is 12.5 Å². The van der Waals surface area contributed by atoms with E-state index in [1.54, 1.807) is 25.1 Å². The number of amides is 2. The van der Waals surface area contributed by atoms with Crippen molar-refractivity contribution in [2.45, 2.75) is 26.8 Å². The molecule has 1 rings (SSSR count). The van der Waals surface area contributed by atoms with Crippen molar-refractivity contribution in [2.24, 2.45) is 5.73 Å². The van der Waals surface area contributed by atoms with Crippen LogP contribution in [0, 0.1) is 6.92 Å². The molecule has 0 saturated carbocycles. The highest BCUT2D eigenvalue weighted by Crippen LogP contribution is 2.20. The van der Waals surface area contributed by atoms with E-state index in [9.17, 15) is 14.4 Å². The van der Waals surface area contributed by atoms with Crippen molar-refractivity contribution >= 4 is 29.2 Å². The van der Waals surface area contributed by atoms with Crippen LogP contribution in [0.15, 0.2) is 18.2 Å². The maximum absolute atomic E-state index is 11.8. The Morgan fingerprint density at radius 2 is 1.95 bits per heavy atom. The normalized spacial score (nSPS) is 11.4. The molecule has 7 nitrogen and oxygen atoms in total. The standard InChI is InChI=1S/C14H19N3O4/c1-4-21-14(20)12(15)13(19)17-10-6-5-8(2)11(7-10)16-9(3)18/h5-7,12H,4,15H2,1-3H3,(H,16,18)(H,17,19). The van der Waals surface area contributed by atoms with Gasteiger partial charge in [-0.15, -0.1) is 0 Å². The lowest BCUT2D eigenvalue weighted by Crippen LogP contribution is -2.43. The molecule has 2 amide bonds. The molecule has 0 aliphatic rings. The van der Waals surface area contributed by atoms with Crippen LogP contribution < -0.4 is 16.4 Å². The van der Waals surface area contributed by atoms with Crippen LogP contribution >= 0.6 is 0 Å². The lowest BCUT2D eigenvalue weighted by atomic mass is 10.1. The van der Waals surface area contributed by atoms with Crippen LogP contribution in [0.25, 0.3) is 0 Å². The van der Waals surface area contributed by atoms with Gasteiger partial charge in [0.05, 0.1) is 6.61 Å². The molecular weight excluding hydrogens is 274 g/mol. The number of hydrogen-bond donors (Lipinski definition) is 3. The minimum Gasteiger partial charge on any atom is -0.464 e. The Balaban J connectivity index is 2.81. The Morgan fingerprint density at radius 1 is 1.29 bits per heavy atom. The van der Waals surface area contributed by atoms with Crippen molar-refractivity contribution < 1.29 is 19.1 Å². The Morgan fingerprint density at radius 3 is 2.52 bits per heavy atom. The van der Waals surface area contributed by atoms with Crippen LogP contribution in [0.1, 0.15) is 19.4 Å². The lowest BCUT2D eigenvalue weighted by molar-refractivity contribution is -0.147. The summed E-state index contributed by atoms with van der Waals surface area (Å²) in [6.45, 7) is 4.99. The fourth-order valence-corrected chi connectivity index (χ4v) is 1.58. The minimum atomic E-state index is -1.39. The van der Waals surface area contributed by atoms with Gasteiger partial charge in [0.25, 0.3) is 5.91 Å². The molecule has 0 spiro atoms. The summed E-state index contributed by atoms with van der Waals surface area (Å²) in [7, 11) is 0. The molecule has 0 aliphatic heterocycles. The molecule has 0 fully saturated rings. The number of nitrogens with two attached hydrogens (primary N) is 1. The van der Waals surface area contributed by atoms with Crippen molar-refractivity contribution in [3.63, 3.8) is 0 Å². The third kappa shape index (κ3) is 4.88. The summed E-state index contributed by atoms with van der Waals surface area (Å²) in [5, 5.41) is 5.15. The molecule has 0 aromatic heterocycles. The first-order valence-corrected chi connectivity index (χ1v) is 6.46. The van der Waals surface area contributed by atoms with E-state index < -0.39 is 17.9 Å². The second-order valence-electron chi connectivity index (χ2n) is 4.43. The van der Waals surface area contributed by atoms with Crippen molar-refractivity contribution in [1.82, 2.24) is 0 Å². The molecule has 1 aromatic carbocycles. The molecule has 0 bridgehead atoms. The molecule has 1 atom stereocenters. The largest absolute Gasteiger partial charge is 0.464 e. The summed E-state index contributed by atoms with van der Waals surface area (Å²) < 4.78 is 4.68. The quantitative estimate of drug-likeness (QED) is 0.549. The van der Waals surface area contributed by atoms with Crippen LogP contribution in [-0.4, -0.2) is 30.4 Å². The number of hydrogen-bond acceptors (Lipinski definition) is 5. The zero-order chi connectivity index (χ0) is 16.0. The Kier molecular flexibility index (Phi) is 5.86.